The van der Waals surface area contributed by atoms with Crippen LogP contribution in [-0.2, 0) is 20.9 Å². The second-order valence-electron chi connectivity index (χ2n) is 7.21. The Balaban J connectivity index is 1.99. The Labute approximate surface area is 166 Å². The third-order valence-electron chi connectivity index (χ3n) is 5.00. The first-order valence-corrected chi connectivity index (χ1v) is 9.39. The Morgan fingerprint density at radius 1 is 1.07 bits per heavy atom. The van der Waals surface area contributed by atoms with E-state index in [4.69, 9.17) is 4.74 Å². The maximum atomic E-state index is 13.1. The van der Waals surface area contributed by atoms with E-state index in [1.165, 1.54) is 12.7 Å². The molecule has 1 heterocycles. The summed E-state index contributed by atoms with van der Waals surface area (Å²) in [5.74, 6) is -0.245. The Morgan fingerprint density at radius 3 is 2.29 bits per heavy atom. The van der Waals surface area contributed by atoms with Crippen LogP contribution < -0.4 is 0 Å². The summed E-state index contributed by atoms with van der Waals surface area (Å²) in [7, 11) is 1.34. The van der Waals surface area contributed by atoms with E-state index in [1.807, 2.05) is 54.6 Å². The van der Waals surface area contributed by atoms with Gasteiger partial charge in [-0.05, 0) is 35.6 Å². The van der Waals surface area contributed by atoms with Gasteiger partial charge in [0.1, 0.15) is 0 Å². The van der Waals surface area contributed by atoms with Gasteiger partial charge < -0.3 is 9.64 Å². The molecule has 0 unspecified atom stereocenters. The summed E-state index contributed by atoms with van der Waals surface area (Å²) in [6.07, 6.45) is 1.77. The smallest absolute Gasteiger partial charge is 0.340 e. The van der Waals surface area contributed by atoms with E-state index in [0.29, 0.717) is 29.3 Å². The van der Waals surface area contributed by atoms with Gasteiger partial charge >= 0.3 is 5.97 Å². The molecular weight excluding hydrogens is 350 g/mol. The maximum absolute atomic E-state index is 13.1. The minimum absolute atomic E-state index is 0.185. The molecule has 28 heavy (non-hydrogen) atoms. The van der Waals surface area contributed by atoms with Gasteiger partial charge in [-0.3, -0.25) is 4.79 Å². The van der Waals surface area contributed by atoms with Crippen molar-refractivity contribution in [2.45, 2.75) is 33.2 Å². The molecule has 4 heteroatoms. The molecule has 0 bridgehead atoms. The lowest BCUT2D eigenvalue weighted by Crippen LogP contribution is -2.24. The zero-order valence-corrected chi connectivity index (χ0v) is 16.7. The largest absolute Gasteiger partial charge is 0.465 e. The molecule has 0 saturated carbocycles. The minimum atomic E-state index is -0.494. The molecule has 1 amide bonds. The van der Waals surface area contributed by atoms with Crippen LogP contribution in [-0.4, -0.2) is 23.9 Å². The molecular formula is C24H25NO3. The number of esters is 1. The molecule has 2 aromatic rings. The molecule has 0 saturated heterocycles. The van der Waals surface area contributed by atoms with Crippen LogP contribution in [0.15, 0.2) is 71.4 Å². The van der Waals surface area contributed by atoms with Gasteiger partial charge in [-0.25, -0.2) is 4.79 Å². The van der Waals surface area contributed by atoms with Crippen molar-refractivity contribution in [2.24, 2.45) is 0 Å². The van der Waals surface area contributed by atoms with E-state index in [1.54, 1.807) is 17.9 Å². The van der Waals surface area contributed by atoms with Gasteiger partial charge in [-0.15, -0.1) is 0 Å². The predicted octanol–water partition coefficient (Wildman–Crippen LogP) is 4.68. The van der Waals surface area contributed by atoms with Gasteiger partial charge in [0.2, 0.25) is 0 Å². The van der Waals surface area contributed by atoms with Gasteiger partial charge in [0.25, 0.3) is 5.91 Å². The summed E-state index contributed by atoms with van der Waals surface area (Å²) < 4.78 is 4.95. The number of carbonyl (C=O) groups is 2. The SMILES string of the molecule is COC(=O)C1=C(C)N(Cc2ccccc2)C(=O)/C1=C\c1ccc(C(C)C)cc1. The normalized spacial score (nSPS) is 15.7. The summed E-state index contributed by atoms with van der Waals surface area (Å²) in [5, 5.41) is 0. The maximum Gasteiger partial charge on any atom is 0.340 e. The van der Waals surface area contributed by atoms with Gasteiger partial charge in [0, 0.05) is 5.70 Å². The van der Waals surface area contributed by atoms with Crippen molar-refractivity contribution in [1.82, 2.24) is 4.90 Å². The summed E-state index contributed by atoms with van der Waals surface area (Å²) in [5.41, 5.74) is 4.43. The number of amides is 1. The Hall–Kier alpha value is -3.14. The van der Waals surface area contributed by atoms with E-state index in [0.717, 1.165) is 11.1 Å². The predicted molar refractivity (Wildman–Crippen MR) is 110 cm³/mol. The zero-order valence-electron chi connectivity index (χ0n) is 16.7. The van der Waals surface area contributed by atoms with Gasteiger partial charge in [-0.2, -0.15) is 0 Å². The highest BCUT2D eigenvalue weighted by molar-refractivity contribution is 6.16. The molecule has 0 fully saturated rings. The van der Waals surface area contributed by atoms with Crippen LogP contribution in [0.4, 0.5) is 0 Å². The van der Waals surface area contributed by atoms with Crippen molar-refractivity contribution in [3.8, 4) is 0 Å². The lowest BCUT2D eigenvalue weighted by atomic mass is 9.99. The Morgan fingerprint density at radius 2 is 1.71 bits per heavy atom. The second kappa shape index (κ2) is 8.26. The molecule has 0 aliphatic carbocycles. The minimum Gasteiger partial charge on any atom is -0.465 e. The van der Waals surface area contributed by atoms with E-state index in [-0.39, 0.29) is 5.91 Å². The molecule has 4 nitrogen and oxygen atoms in total. The fourth-order valence-corrected chi connectivity index (χ4v) is 3.33. The van der Waals surface area contributed by atoms with E-state index < -0.39 is 5.97 Å². The first-order valence-electron chi connectivity index (χ1n) is 9.39. The van der Waals surface area contributed by atoms with Crippen molar-refractivity contribution in [3.63, 3.8) is 0 Å². The quantitative estimate of drug-likeness (QED) is 0.563. The lowest BCUT2D eigenvalue weighted by molar-refractivity contribution is -0.136. The van der Waals surface area contributed by atoms with Crippen LogP contribution in [0.5, 0.6) is 0 Å². The highest BCUT2D eigenvalue weighted by atomic mass is 16.5. The number of nitrogens with zero attached hydrogens (tertiary/aromatic N) is 1. The number of hydrogen-bond donors (Lipinski definition) is 0. The molecule has 2 aromatic carbocycles. The van der Waals surface area contributed by atoms with Crippen LogP contribution in [0.1, 0.15) is 43.4 Å². The van der Waals surface area contributed by atoms with Crippen molar-refractivity contribution in [3.05, 3.63) is 88.1 Å². The fourth-order valence-electron chi connectivity index (χ4n) is 3.33. The second-order valence-corrected chi connectivity index (χ2v) is 7.21. The Kier molecular flexibility index (Phi) is 5.78. The molecule has 0 N–H and O–H groups in total. The van der Waals surface area contributed by atoms with Crippen molar-refractivity contribution >= 4 is 18.0 Å². The average Bonchev–Trinajstić information content (AvgIpc) is 2.93. The number of ether oxygens (including phenoxy) is 1. The van der Waals surface area contributed by atoms with E-state index in [2.05, 4.69) is 13.8 Å². The summed E-state index contributed by atoms with van der Waals surface area (Å²) in [6, 6.07) is 17.8. The molecule has 0 spiro atoms. The van der Waals surface area contributed by atoms with Gasteiger partial charge in [0.05, 0.1) is 24.8 Å². The molecule has 3 rings (SSSR count). The topological polar surface area (TPSA) is 46.6 Å². The zero-order chi connectivity index (χ0) is 20.3. The van der Waals surface area contributed by atoms with E-state index >= 15 is 0 Å². The standard InChI is InChI=1S/C24H25NO3/c1-16(2)20-12-10-18(11-13-20)14-21-22(24(27)28-4)17(3)25(23(21)26)15-19-8-6-5-7-9-19/h5-14,16H,15H2,1-4H3/b21-14-. The van der Waals surface area contributed by atoms with Gasteiger partial charge in [-0.1, -0.05) is 68.4 Å². The Bertz CT molecular complexity index is 938. The molecule has 0 radical (unpaired) electrons. The molecule has 0 atom stereocenters. The summed E-state index contributed by atoms with van der Waals surface area (Å²) in [6.45, 7) is 6.47. The highest BCUT2D eigenvalue weighted by Gasteiger charge is 2.36. The van der Waals surface area contributed by atoms with Crippen LogP contribution >= 0.6 is 0 Å². The lowest BCUT2D eigenvalue weighted by Gasteiger charge is -2.17. The molecule has 1 aliphatic heterocycles. The monoisotopic (exact) mass is 375 g/mol. The molecule has 1 aliphatic rings. The van der Waals surface area contributed by atoms with Crippen LogP contribution in [0.2, 0.25) is 0 Å². The third kappa shape index (κ3) is 3.91. The molecule has 144 valence electrons. The van der Waals surface area contributed by atoms with Crippen molar-refractivity contribution in [2.75, 3.05) is 7.11 Å². The number of carbonyl (C=O) groups excluding carboxylic acids is 2. The summed E-state index contributed by atoms with van der Waals surface area (Å²) in [4.78, 5) is 27.2. The van der Waals surface area contributed by atoms with Crippen LogP contribution in [0, 0.1) is 0 Å². The van der Waals surface area contributed by atoms with E-state index in [9.17, 15) is 9.59 Å². The van der Waals surface area contributed by atoms with Crippen LogP contribution in [0.25, 0.3) is 6.08 Å². The number of benzene rings is 2. The highest BCUT2D eigenvalue weighted by Crippen LogP contribution is 2.33. The average molecular weight is 375 g/mol. The van der Waals surface area contributed by atoms with Crippen molar-refractivity contribution < 1.29 is 14.3 Å². The fraction of sp³-hybridized carbons (Fsp3) is 0.250. The van der Waals surface area contributed by atoms with Crippen molar-refractivity contribution in [1.29, 1.82) is 0 Å². The first-order chi connectivity index (χ1) is 13.4. The van der Waals surface area contributed by atoms with Crippen LogP contribution in [0.3, 0.4) is 0 Å². The number of rotatable bonds is 5. The number of methoxy groups -OCH3 is 1. The summed E-state index contributed by atoms with van der Waals surface area (Å²) >= 11 is 0. The van der Waals surface area contributed by atoms with Gasteiger partial charge in [0.15, 0.2) is 0 Å². The molecule has 0 aromatic heterocycles. The first kappa shape index (κ1) is 19.6. The third-order valence-corrected chi connectivity index (χ3v) is 5.00. The number of hydrogen-bond acceptors (Lipinski definition) is 3. The number of allylic oxidation sites excluding steroid dienone is 1.